The van der Waals surface area contributed by atoms with Crippen molar-refractivity contribution in [2.45, 2.75) is 56.7 Å². The van der Waals surface area contributed by atoms with Crippen LogP contribution in [0.5, 0.6) is 0 Å². The van der Waals surface area contributed by atoms with E-state index in [1.165, 1.54) is 6.26 Å². The quantitative estimate of drug-likeness (QED) is 0.916. The maximum Gasteiger partial charge on any atom is 0.274 e. The molecule has 1 aromatic heterocycles. The summed E-state index contributed by atoms with van der Waals surface area (Å²) >= 11 is 0. The van der Waals surface area contributed by atoms with E-state index in [0.29, 0.717) is 12.1 Å². The average Bonchev–Trinajstić information content (AvgIpc) is 2.95. The number of carbonyl (C=O) groups is 1. The molecule has 7 heteroatoms. The van der Waals surface area contributed by atoms with Gasteiger partial charge in [0.1, 0.15) is 5.69 Å². The fraction of sp³-hybridized carbons (Fsp3) is 0.733. The third-order valence-corrected chi connectivity index (χ3v) is 6.12. The number of nitrogens with one attached hydrogen (secondary N) is 1. The van der Waals surface area contributed by atoms with Gasteiger partial charge in [0.2, 0.25) is 0 Å². The standard InChI is InChI=1S/C15H25N3O3S/c1-10(2)11-9-12(17-16-11)15(19)18(3)13-7-5-6-8-14(13)22(4,20)21/h9-10,13-14H,5-8H2,1-4H3,(H,16,17)/t13-,14-/m1/s1. The van der Waals surface area contributed by atoms with Crippen LogP contribution in [0.25, 0.3) is 0 Å². The molecule has 2 atom stereocenters. The van der Waals surface area contributed by atoms with Crippen LogP contribution in [0.1, 0.15) is 61.6 Å². The van der Waals surface area contributed by atoms with Crippen molar-refractivity contribution < 1.29 is 13.2 Å². The predicted octanol–water partition coefficient (Wildman–Crippen LogP) is 1.96. The minimum Gasteiger partial charge on any atom is -0.336 e. The van der Waals surface area contributed by atoms with Crippen molar-refractivity contribution in [3.05, 3.63) is 17.5 Å². The molecule has 1 N–H and O–H groups in total. The molecule has 124 valence electrons. The fourth-order valence-electron chi connectivity index (χ4n) is 3.09. The van der Waals surface area contributed by atoms with Gasteiger partial charge in [0.05, 0.1) is 5.25 Å². The molecule has 1 saturated carbocycles. The van der Waals surface area contributed by atoms with E-state index in [1.54, 1.807) is 18.0 Å². The van der Waals surface area contributed by atoms with Gasteiger partial charge in [0.15, 0.2) is 9.84 Å². The molecule has 0 aliphatic heterocycles. The molecule has 1 aliphatic rings. The lowest BCUT2D eigenvalue weighted by Gasteiger charge is -2.36. The number of sulfone groups is 1. The zero-order valence-electron chi connectivity index (χ0n) is 13.7. The number of hydrogen-bond acceptors (Lipinski definition) is 4. The number of rotatable bonds is 4. The first-order chi connectivity index (χ1) is 10.2. The second-order valence-electron chi connectivity index (χ2n) is 6.50. The molecule has 6 nitrogen and oxygen atoms in total. The zero-order valence-corrected chi connectivity index (χ0v) is 14.5. The Morgan fingerprint density at radius 2 is 2.00 bits per heavy atom. The SMILES string of the molecule is CC(C)c1cc(C(=O)N(C)[C@@H]2CCCC[C@H]2S(C)(=O)=O)n[nH]1. The van der Waals surface area contributed by atoms with Crippen LogP contribution < -0.4 is 0 Å². The molecule has 1 amide bonds. The number of carbonyl (C=O) groups excluding carboxylic acids is 1. The first-order valence-electron chi connectivity index (χ1n) is 7.73. The summed E-state index contributed by atoms with van der Waals surface area (Å²) < 4.78 is 24.0. The second-order valence-corrected chi connectivity index (χ2v) is 8.76. The third-order valence-electron chi connectivity index (χ3n) is 4.47. The van der Waals surface area contributed by atoms with Crippen molar-refractivity contribution in [3.8, 4) is 0 Å². The highest BCUT2D eigenvalue weighted by Gasteiger charge is 2.37. The Bertz CT molecular complexity index is 636. The number of H-pyrrole nitrogens is 1. The maximum atomic E-state index is 12.6. The number of hydrogen-bond donors (Lipinski definition) is 1. The summed E-state index contributed by atoms with van der Waals surface area (Å²) in [5, 5.41) is 6.47. The topological polar surface area (TPSA) is 83.1 Å². The highest BCUT2D eigenvalue weighted by Crippen LogP contribution is 2.28. The minimum absolute atomic E-state index is 0.219. The van der Waals surface area contributed by atoms with Crippen molar-refractivity contribution >= 4 is 15.7 Å². The van der Waals surface area contributed by atoms with E-state index < -0.39 is 15.1 Å². The van der Waals surface area contributed by atoms with Gasteiger partial charge in [-0.15, -0.1) is 0 Å². The highest BCUT2D eigenvalue weighted by molar-refractivity contribution is 7.91. The van der Waals surface area contributed by atoms with E-state index in [0.717, 1.165) is 25.0 Å². The number of aromatic amines is 1. The van der Waals surface area contributed by atoms with Crippen molar-refractivity contribution in [1.82, 2.24) is 15.1 Å². The third kappa shape index (κ3) is 3.51. The van der Waals surface area contributed by atoms with E-state index >= 15 is 0 Å². The molecule has 0 aromatic carbocycles. The van der Waals surface area contributed by atoms with Gasteiger partial charge in [-0.2, -0.15) is 5.10 Å². The summed E-state index contributed by atoms with van der Waals surface area (Å²) in [6, 6.07) is 1.48. The van der Waals surface area contributed by atoms with E-state index in [9.17, 15) is 13.2 Å². The van der Waals surface area contributed by atoms with Gasteiger partial charge in [-0.05, 0) is 24.8 Å². The Labute approximate surface area is 132 Å². The molecule has 0 spiro atoms. The molecular weight excluding hydrogens is 302 g/mol. The monoisotopic (exact) mass is 327 g/mol. The number of amides is 1. The second kappa shape index (κ2) is 6.40. The van der Waals surface area contributed by atoms with Gasteiger partial charge >= 0.3 is 0 Å². The van der Waals surface area contributed by atoms with Gasteiger partial charge < -0.3 is 4.90 Å². The van der Waals surface area contributed by atoms with Crippen LogP contribution in [0, 0.1) is 0 Å². The van der Waals surface area contributed by atoms with Crippen LogP contribution in [0.15, 0.2) is 6.07 Å². The molecule has 2 rings (SSSR count). The van der Waals surface area contributed by atoms with Crippen molar-refractivity contribution in [2.24, 2.45) is 0 Å². The number of aromatic nitrogens is 2. The predicted molar refractivity (Wildman–Crippen MR) is 85.7 cm³/mol. The first-order valence-corrected chi connectivity index (χ1v) is 9.68. The lowest BCUT2D eigenvalue weighted by molar-refractivity contribution is 0.0694. The van der Waals surface area contributed by atoms with Crippen molar-refractivity contribution in [1.29, 1.82) is 0 Å². The molecule has 0 bridgehead atoms. The van der Waals surface area contributed by atoms with E-state index in [1.807, 2.05) is 13.8 Å². The molecule has 0 saturated heterocycles. The summed E-state index contributed by atoms with van der Waals surface area (Å²) in [5.41, 5.74) is 1.25. The first kappa shape index (κ1) is 17.0. The smallest absolute Gasteiger partial charge is 0.274 e. The Kier molecular flexibility index (Phi) is 4.94. The summed E-state index contributed by atoms with van der Waals surface area (Å²) in [6.45, 7) is 4.04. The minimum atomic E-state index is -3.17. The molecule has 1 aliphatic carbocycles. The van der Waals surface area contributed by atoms with Crippen LogP contribution >= 0.6 is 0 Å². The van der Waals surface area contributed by atoms with Gasteiger partial charge in [-0.3, -0.25) is 9.89 Å². The number of nitrogens with zero attached hydrogens (tertiary/aromatic N) is 2. The molecule has 1 aromatic rings. The van der Waals surface area contributed by atoms with Gasteiger partial charge in [0.25, 0.3) is 5.91 Å². The molecule has 0 radical (unpaired) electrons. The van der Waals surface area contributed by atoms with Crippen LogP contribution in [-0.4, -0.2) is 54.0 Å². The van der Waals surface area contributed by atoms with E-state index in [4.69, 9.17) is 0 Å². The average molecular weight is 327 g/mol. The van der Waals surface area contributed by atoms with Crippen LogP contribution in [0.3, 0.4) is 0 Å². The van der Waals surface area contributed by atoms with Crippen molar-refractivity contribution in [3.63, 3.8) is 0 Å². The largest absolute Gasteiger partial charge is 0.336 e. The normalized spacial score (nSPS) is 22.8. The van der Waals surface area contributed by atoms with Crippen LogP contribution in [0.4, 0.5) is 0 Å². The van der Waals surface area contributed by atoms with Gasteiger partial charge in [-0.1, -0.05) is 26.7 Å². The fourth-order valence-corrected chi connectivity index (χ4v) is 4.58. The summed E-state index contributed by atoms with van der Waals surface area (Å²) in [7, 11) is -1.49. The molecule has 22 heavy (non-hydrogen) atoms. The summed E-state index contributed by atoms with van der Waals surface area (Å²) in [5.74, 6) is 0.0431. The Morgan fingerprint density at radius 3 is 2.55 bits per heavy atom. The lowest BCUT2D eigenvalue weighted by Crippen LogP contribution is -2.49. The van der Waals surface area contributed by atoms with E-state index in [2.05, 4.69) is 10.2 Å². The lowest BCUT2D eigenvalue weighted by atomic mass is 9.93. The highest BCUT2D eigenvalue weighted by atomic mass is 32.2. The van der Waals surface area contributed by atoms with Crippen LogP contribution in [-0.2, 0) is 9.84 Å². The Balaban J connectivity index is 2.20. The summed E-state index contributed by atoms with van der Waals surface area (Å²) in [4.78, 5) is 14.2. The van der Waals surface area contributed by atoms with E-state index in [-0.39, 0.29) is 17.9 Å². The summed E-state index contributed by atoms with van der Waals surface area (Å²) in [6.07, 6.45) is 4.46. The molecule has 1 heterocycles. The van der Waals surface area contributed by atoms with Crippen LogP contribution in [0.2, 0.25) is 0 Å². The molecule has 1 fully saturated rings. The van der Waals surface area contributed by atoms with Gasteiger partial charge in [-0.25, -0.2) is 8.42 Å². The zero-order chi connectivity index (χ0) is 16.5. The van der Waals surface area contributed by atoms with Crippen molar-refractivity contribution in [2.75, 3.05) is 13.3 Å². The molecule has 0 unspecified atom stereocenters. The molecular formula is C15H25N3O3S. The maximum absolute atomic E-state index is 12.6. The van der Waals surface area contributed by atoms with Gasteiger partial charge in [0, 0.05) is 25.0 Å². The Hall–Kier alpha value is -1.37. The Morgan fingerprint density at radius 1 is 1.36 bits per heavy atom.